The summed E-state index contributed by atoms with van der Waals surface area (Å²) in [5.74, 6) is 2.10. The number of carbonyl (C=O) groups excluding carboxylic acids is 1. The van der Waals surface area contributed by atoms with E-state index in [1.807, 2.05) is 32.5 Å². The third-order valence-electron chi connectivity index (χ3n) is 2.66. The van der Waals surface area contributed by atoms with Gasteiger partial charge < -0.3 is 9.47 Å². The van der Waals surface area contributed by atoms with Crippen LogP contribution < -0.4 is 0 Å². The molecule has 0 bridgehead atoms. The molecule has 106 valence electrons. The molecule has 1 aliphatic rings. The Morgan fingerprint density at radius 2 is 2.00 bits per heavy atom. The minimum absolute atomic E-state index is 0.0621. The molecule has 0 aromatic carbocycles. The molecule has 0 saturated carbocycles. The SMILES string of the molecule is CCCSC[C@@H]1CC[C@H](CC(=O)OC(C)(C)C)O1. The lowest BCUT2D eigenvalue weighted by Crippen LogP contribution is -2.26. The van der Waals surface area contributed by atoms with Gasteiger partial charge in [-0.3, -0.25) is 4.79 Å². The van der Waals surface area contributed by atoms with Crippen molar-refractivity contribution in [3.63, 3.8) is 0 Å². The van der Waals surface area contributed by atoms with Crippen LogP contribution in [0.15, 0.2) is 0 Å². The summed E-state index contributed by atoms with van der Waals surface area (Å²) in [6, 6.07) is 0. The molecule has 0 aromatic rings. The highest BCUT2D eigenvalue weighted by molar-refractivity contribution is 7.99. The zero-order chi connectivity index (χ0) is 13.6. The number of hydrogen-bond donors (Lipinski definition) is 0. The van der Waals surface area contributed by atoms with E-state index in [0.717, 1.165) is 18.6 Å². The van der Waals surface area contributed by atoms with E-state index in [0.29, 0.717) is 12.5 Å². The first kappa shape index (κ1) is 15.8. The van der Waals surface area contributed by atoms with Gasteiger partial charge >= 0.3 is 5.97 Å². The standard InChI is InChI=1S/C14H26O3S/c1-5-8-18-10-12-7-6-11(16-12)9-13(15)17-14(2,3)4/h11-12H,5-10H2,1-4H3/t11-,12+/m1/s1. The third-order valence-corrected chi connectivity index (χ3v) is 3.97. The maximum Gasteiger partial charge on any atom is 0.308 e. The van der Waals surface area contributed by atoms with Crippen LogP contribution in [-0.2, 0) is 14.3 Å². The smallest absolute Gasteiger partial charge is 0.308 e. The molecule has 1 saturated heterocycles. The van der Waals surface area contributed by atoms with E-state index in [1.54, 1.807) is 0 Å². The zero-order valence-electron chi connectivity index (χ0n) is 12.0. The van der Waals surface area contributed by atoms with Crippen LogP contribution in [0.1, 0.15) is 53.4 Å². The van der Waals surface area contributed by atoms with E-state index in [2.05, 4.69) is 6.92 Å². The van der Waals surface area contributed by atoms with Crippen molar-refractivity contribution in [1.29, 1.82) is 0 Å². The van der Waals surface area contributed by atoms with Crippen LogP contribution in [-0.4, -0.2) is 35.3 Å². The summed E-state index contributed by atoms with van der Waals surface area (Å²) >= 11 is 1.94. The molecule has 0 unspecified atom stereocenters. The second-order valence-electron chi connectivity index (χ2n) is 5.82. The average Bonchev–Trinajstić information content (AvgIpc) is 2.63. The number of carbonyl (C=O) groups is 1. The van der Waals surface area contributed by atoms with Gasteiger partial charge in [0.05, 0.1) is 18.6 Å². The second kappa shape index (κ2) is 7.39. The molecule has 0 N–H and O–H groups in total. The van der Waals surface area contributed by atoms with Crippen molar-refractivity contribution in [2.75, 3.05) is 11.5 Å². The second-order valence-corrected chi connectivity index (χ2v) is 6.97. The van der Waals surface area contributed by atoms with Crippen LogP contribution in [0.5, 0.6) is 0 Å². The molecule has 1 heterocycles. The summed E-state index contributed by atoms with van der Waals surface area (Å²) in [6.45, 7) is 7.87. The number of thioether (sulfide) groups is 1. The minimum Gasteiger partial charge on any atom is -0.460 e. The molecule has 1 rings (SSSR count). The van der Waals surface area contributed by atoms with Crippen LogP contribution in [0, 0.1) is 0 Å². The molecule has 0 radical (unpaired) electrons. The number of rotatable bonds is 6. The first-order valence-corrected chi connectivity index (χ1v) is 8.01. The molecule has 2 atom stereocenters. The van der Waals surface area contributed by atoms with Gasteiger partial charge in [-0.15, -0.1) is 0 Å². The highest BCUT2D eigenvalue weighted by Crippen LogP contribution is 2.25. The fourth-order valence-electron chi connectivity index (χ4n) is 1.98. The van der Waals surface area contributed by atoms with Gasteiger partial charge in [-0.2, -0.15) is 11.8 Å². The Morgan fingerprint density at radius 3 is 2.61 bits per heavy atom. The van der Waals surface area contributed by atoms with Gasteiger partial charge in [0.1, 0.15) is 5.60 Å². The van der Waals surface area contributed by atoms with Gasteiger partial charge in [0, 0.05) is 5.75 Å². The maximum atomic E-state index is 11.7. The lowest BCUT2D eigenvalue weighted by Gasteiger charge is -2.21. The Kier molecular flexibility index (Phi) is 6.50. The third kappa shape index (κ3) is 6.64. The summed E-state index contributed by atoms with van der Waals surface area (Å²) in [6.07, 6.45) is 4.05. The summed E-state index contributed by atoms with van der Waals surface area (Å²) in [5, 5.41) is 0. The summed E-state index contributed by atoms with van der Waals surface area (Å²) in [4.78, 5) is 11.7. The minimum atomic E-state index is -0.397. The Morgan fingerprint density at radius 1 is 1.33 bits per heavy atom. The Balaban J connectivity index is 2.19. The van der Waals surface area contributed by atoms with E-state index in [1.165, 1.54) is 12.2 Å². The summed E-state index contributed by atoms with van der Waals surface area (Å²) in [7, 11) is 0. The molecule has 0 spiro atoms. The van der Waals surface area contributed by atoms with E-state index < -0.39 is 5.60 Å². The zero-order valence-corrected chi connectivity index (χ0v) is 12.8. The van der Waals surface area contributed by atoms with Crippen LogP contribution in [0.4, 0.5) is 0 Å². The van der Waals surface area contributed by atoms with E-state index in [9.17, 15) is 4.79 Å². The van der Waals surface area contributed by atoms with E-state index in [-0.39, 0.29) is 12.1 Å². The van der Waals surface area contributed by atoms with Gasteiger partial charge in [0.15, 0.2) is 0 Å². The van der Waals surface area contributed by atoms with Crippen molar-refractivity contribution in [3.8, 4) is 0 Å². The van der Waals surface area contributed by atoms with Gasteiger partial charge in [-0.1, -0.05) is 6.92 Å². The lowest BCUT2D eigenvalue weighted by molar-refractivity contribution is -0.157. The van der Waals surface area contributed by atoms with Crippen LogP contribution in [0.2, 0.25) is 0 Å². The molecule has 1 fully saturated rings. The maximum absolute atomic E-state index is 11.7. The monoisotopic (exact) mass is 274 g/mol. The Hall–Kier alpha value is -0.220. The molecule has 0 aliphatic carbocycles. The molecular formula is C14H26O3S. The largest absolute Gasteiger partial charge is 0.460 e. The van der Waals surface area contributed by atoms with E-state index in [4.69, 9.17) is 9.47 Å². The van der Waals surface area contributed by atoms with Crippen molar-refractivity contribution in [2.45, 2.75) is 71.2 Å². The van der Waals surface area contributed by atoms with Gasteiger partial charge in [0.25, 0.3) is 0 Å². The first-order chi connectivity index (χ1) is 8.40. The van der Waals surface area contributed by atoms with Crippen molar-refractivity contribution in [3.05, 3.63) is 0 Å². The van der Waals surface area contributed by atoms with Crippen molar-refractivity contribution >= 4 is 17.7 Å². The van der Waals surface area contributed by atoms with Gasteiger partial charge in [-0.05, 0) is 45.8 Å². The number of ether oxygens (including phenoxy) is 2. The Bertz CT molecular complexity index is 260. The molecule has 18 heavy (non-hydrogen) atoms. The molecule has 4 heteroatoms. The fourth-order valence-corrected chi connectivity index (χ4v) is 2.94. The summed E-state index contributed by atoms with van der Waals surface area (Å²) in [5.41, 5.74) is -0.397. The number of hydrogen-bond acceptors (Lipinski definition) is 4. The highest BCUT2D eigenvalue weighted by atomic mass is 32.2. The van der Waals surface area contributed by atoms with Crippen LogP contribution in [0.25, 0.3) is 0 Å². The predicted molar refractivity (Wildman–Crippen MR) is 76.0 cm³/mol. The number of esters is 1. The summed E-state index contributed by atoms with van der Waals surface area (Å²) < 4.78 is 11.2. The molecule has 1 aliphatic heterocycles. The van der Waals surface area contributed by atoms with Crippen molar-refractivity contribution < 1.29 is 14.3 Å². The first-order valence-electron chi connectivity index (χ1n) is 6.85. The molecule has 3 nitrogen and oxygen atoms in total. The molecule has 0 aromatic heterocycles. The van der Waals surface area contributed by atoms with Crippen molar-refractivity contribution in [2.24, 2.45) is 0 Å². The topological polar surface area (TPSA) is 35.5 Å². The average molecular weight is 274 g/mol. The quantitative estimate of drug-likeness (QED) is 0.549. The van der Waals surface area contributed by atoms with Gasteiger partial charge in [0.2, 0.25) is 0 Å². The molecular weight excluding hydrogens is 248 g/mol. The highest BCUT2D eigenvalue weighted by Gasteiger charge is 2.28. The predicted octanol–water partition coefficient (Wildman–Crippen LogP) is 3.41. The Labute approximate surface area is 115 Å². The molecule has 0 amide bonds. The van der Waals surface area contributed by atoms with E-state index >= 15 is 0 Å². The van der Waals surface area contributed by atoms with Crippen LogP contribution >= 0.6 is 11.8 Å². The van der Waals surface area contributed by atoms with Crippen LogP contribution in [0.3, 0.4) is 0 Å². The van der Waals surface area contributed by atoms with Crippen molar-refractivity contribution in [1.82, 2.24) is 0 Å². The normalized spacial score (nSPS) is 24.2. The lowest BCUT2D eigenvalue weighted by atomic mass is 10.1. The van der Waals surface area contributed by atoms with Gasteiger partial charge in [-0.25, -0.2) is 0 Å². The fraction of sp³-hybridized carbons (Fsp3) is 0.929.